The highest BCUT2D eigenvalue weighted by Crippen LogP contribution is 2.15. The molecule has 0 unspecified atom stereocenters. The van der Waals surface area contributed by atoms with Crippen molar-refractivity contribution in [2.24, 2.45) is 0 Å². The van der Waals surface area contributed by atoms with Gasteiger partial charge >= 0.3 is 0 Å². The molecule has 2 heterocycles. The number of hydrogen-bond donors (Lipinski definition) is 0. The summed E-state index contributed by atoms with van der Waals surface area (Å²) in [5.74, 6) is 0.798. The Balaban J connectivity index is 2.09. The summed E-state index contributed by atoms with van der Waals surface area (Å²) < 4.78 is 5.30. The molecule has 18 heavy (non-hydrogen) atoms. The van der Waals surface area contributed by atoms with E-state index in [2.05, 4.69) is 0 Å². The van der Waals surface area contributed by atoms with Crippen molar-refractivity contribution in [1.82, 2.24) is 4.90 Å². The lowest BCUT2D eigenvalue weighted by molar-refractivity contribution is -0.127. The summed E-state index contributed by atoms with van der Waals surface area (Å²) in [6.07, 6.45) is 4.96. The number of hydrogen-bond acceptors (Lipinski definition) is 3. The van der Waals surface area contributed by atoms with Crippen molar-refractivity contribution in [3.63, 3.8) is 0 Å². The van der Waals surface area contributed by atoms with E-state index in [-0.39, 0.29) is 5.91 Å². The number of allylic oxidation sites excluding steroid dienone is 1. The molecule has 0 radical (unpaired) electrons. The van der Waals surface area contributed by atoms with E-state index in [9.17, 15) is 4.79 Å². The molecule has 0 aliphatic heterocycles. The van der Waals surface area contributed by atoms with Crippen molar-refractivity contribution in [1.29, 1.82) is 0 Å². The first-order valence-electron chi connectivity index (χ1n) is 5.76. The molecule has 3 nitrogen and oxygen atoms in total. The molecule has 1 amide bonds. The van der Waals surface area contributed by atoms with Crippen LogP contribution in [0, 0.1) is 0 Å². The first-order valence-corrected chi connectivity index (χ1v) is 6.64. The van der Waals surface area contributed by atoms with Gasteiger partial charge in [0, 0.05) is 4.88 Å². The molecule has 0 atom stereocenters. The summed E-state index contributed by atoms with van der Waals surface area (Å²) in [5, 5.41) is 2.01. The molecular weight excluding hydrogens is 246 g/mol. The molecule has 0 saturated carbocycles. The minimum atomic E-state index is 0.00213. The second kappa shape index (κ2) is 6.21. The lowest BCUT2D eigenvalue weighted by Gasteiger charge is -2.19. The van der Waals surface area contributed by atoms with Gasteiger partial charge in [0.2, 0.25) is 5.91 Å². The molecule has 94 valence electrons. The first kappa shape index (κ1) is 12.6. The second-order valence-electron chi connectivity index (χ2n) is 3.85. The van der Waals surface area contributed by atoms with Crippen molar-refractivity contribution in [2.75, 3.05) is 0 Å². The molecule has 2 rings (SSSR count). The molecule has 0 saturated heterocycles. The Morgan fingerprint density at radius 3 is 2.89 bits per heavy atom. The summed E-state index contributed by atoms with van der Waals surface area (Å²) in [6.45, 7) is 2.95. The second-order valence-corrected chi connectivity index (χ2v) is 4.89. The van der Waals surface area contributed by atoms with E-state index in [1.165, 1.54) is 4.88 Å². The average Bonchev–Trinajstić information content (AvgIpc) is 3.01. The van der Waals surface area contributed by atoms with Crippen LogP contribution in [0.2, 0.25) is 0 Å². The van der Waals surface area contributed by atoms with Crippen LogP contribution in [0.25, 0.3) is 0 Å². The van der Waals surface area contributed by atoms with Gasteiger partial charge in [0.25, 0.3) is 0 Å². The summed E-state index contributed by atoms with van der Waals surface area (Å²) >= 11 is 1.65. The van der Waals surface area contributed by atoms with E-state index in [0.717, 1.165) is 5.76 Å². The molecular formula is C14H15NO2S. The number of carbonyl (C=O) groups excluding carboxylic acids is 1. The minimum Gasteiger partial charge on any atom is -0.467 e. The third kappa shape index (κ3) is 3.34. The predicted octanol–water partition coefficient (Wildman–Crippen LogP) is 3.45. The van der Waals surface area contributed by atoms with Crippen LogP contribution in [-0.4, -0.2) is 10.8 Å². The quantitative estimate of drug-likeness (QED) is 0.772. The number of thiophene rings is 1. The fourth-order valence-corrected chi connectivity index (χ4v) is 2.36. The summed E-state index contributed by atoms with van der Waals surface area (Å²) in [4.78, 5) is 14.9. The van der Waals surface area contributed by atoms with Gasteiger partial charge in [0.05, 0.1) is 19.4 Å². The van der Waals surface area contributed by atoms with Gasteiger partial charge in [-0.15, -0.1) is 11.3 Å². The fraction of sp³-hybridized carbons (Fsp3) is 0.214. The van der Waals surface area contributed by atoms with Crippen LogP contribution < -0.4 is 0 Å². The number of furan rings is 1. The summed E-state index contributed by atoms with van der Waals surface area (Å²) in [5.41, 5.74) is 0. The zero-order valence-electron chi connectivity index (χ0n) is 10.2. The Morgan fingerprint density at radius 2 is 2.28 bits per heavy atom. The lowest BCUT2D eigenvalue weighted by Crippen LogP contribution is -2.27. The lowest BCUT2D eigenvalue weighted by atomic mass is 10.3. The van der Waals surface area contributed by atoms with Gasteiger partial charge in [0.1, 0.15) is 5.76 Å². The number of rotatable bonds is 5. The third-order valence-corrected chi connectivity index (χ3v) is 3.34. The van der Waals surface area contributed by atoms with Crippen molar-refractivity contribution in [3.05, 3.63) is 58.7 Å². The van der Waals surface area contributed by atoms with Crippen LogP contribution in [0.3, 0.4) is 0 Å². The zero-order valence-corrected chi connectivity index (χ0v) is 11.0. The van der Waals surface area contributed by atoms with Gasteiger partial charge in [-0.2, -0.15) is 0 Å². The Kier molecular flexibility index (Phi) is 4.36. The highest BCUT2D eigenvalue weighted by atomic mass is 32.1. The maximum absolute atomic E-state index is 12.0. The molecule has 0 bridgehead atoms. The predicted molar refractivity (Wildman–Crippen MR) is 72.1 cm³/mol. The number of carbonyl (C=O) groups is 1. The standard InChI is InChI=1S/C14H15NO2S/c1-2-5-14(16)15(10-12-6-3-8-17-12)11-13-7-4-9-18-13/h2-9H,10-11H2,1H3/b5-2+. The maximum atomic E-state index is 12.0. The molecule has 4 heteroatoms. The van der Waals surface area contributed by atoms with Crippen molar-refractivity contribution >= 4 is 17.2 Å². The maximum Gasteiger partial charge on any atom is 0.246 e. The molecule has 0 N–H and O–H groups in total. The first-order chi connectivity index (χ1) is 8.79. The summed E-state index contributed by atoms with van der Waals surface area (Å²) in [6, 6.07) is 7.73. The van der Waals surface area contributed by atoms with Crippen LogP contribution in [0.15, 0.2) is 52.5 Å². The Labute approximate surface area is 110 Å². The number of amides is 1. The van der Waals surface area contributed by atoms with E-state index in [4.69, 9.17) is 4.42 Å². The Bertz CT molecular complexity index is 464. The molecule has 2 aromatic heterocycles. The molecule has 0 aromatic carbocycles. The van der Waals surface area contributed by atoms with Crippen molar-refractivity contribution < 1.29 is 9.21 Å². The van der Waals surface area contributed by atoms with E-state index < -0.39 is 0 Å². The van der Waals surface area contributed by atoms with Gasteiger partial charge < -0.3 is 9.32 Å². The van der Waals surface area contributed by atoms with Crippen LogP contribution in [0.5, 0.6) is 0 Å². The highest BCUT2D eigenvalue weighted by Gasteiger charge is 2.13. The van der Waals surface area contributed by atoms with Gasteiger partial charge in [-0.3, -0.25) is 4.79 Å². The van der Waals surface area contributed by atoms with E-state index in [0.29, 0.717) is 13.1 Å². The molecule has 0 spiro atoms. The van der Waals surface area contributed by atoms with Gasteiger partial charge in [-0.1, -0.05) is 12.1 Å². The van der Waals surface area contributed by atoms with Crippen molar-refractivity contribution in [2.45, 2.75) is 20.0 Å². The normalized spacial score (nSPS) is 10.9. The van der Waals surface area contributed by atoms with Crippen LogP contribution in [-0.2, 0) is 17.9 Å². The fourth-order valence-electron chi connectivity index (χ4n) is 1.64. The minimum absolute atomic E-state index is 0.00213. The topological polar surface area (TPSA) is 33.5 Å². The molecule has 0 fully saturated rings. The van der Waals surface area contributed by atoms with E-state index in [1.54, 1.807) is 34.7 Å². The largest absolute Gasteiger partial charge is 0.467 e. The SMILES string of the molecule is C/C=C/C(=O)N(Cc1ccco1)Cc1cccs1. The smallest absolute Gasteiger partial charge is 0.246 e. The Hall–Kier alpha value is -1.81. The van der Waals surface area contributed by atoms with E-state index >= 15 is 0 Å². The van der Waals surface area contributed by atoms with E-state index in [1.807, 2.05) is 36.6 Å². The average molecular weight is 261 g/mol. The highest BCUT2D eigenvalue weighted by molar-refractivity contribution is 7.09. The molecule has 0 aliphatic carbocycles. The monoisotopic (exact) mass is 261 g/mol. The van der Waals surface area contributed by atoms with Crippen molar-refractivity contribution in [3.8, 4) is 0 Å². The Morgan fingerprint density at radius 1 is 1.39 bits per heavy atom. The van der Waals surface area contributed by atoms with Crippen LogP contribution in [0.1, 0.15) is 17.6 Å². The van der Waals surface area contributed by atoms with Gasteiger partial charge in [-0.25, -0.2) is 0 Å². The van der Waals surface area contributed by atoms with Crippen LogP contribution >= 0.6 is 11.3 Å². The molecule has 2 aromatic rings. The molecule has 0 aliphatic rings. The summed E-state index contributed by atoms with van der Waals surface area (Å²) in [7, 11) is 0. The number of nitrogens with zero attached hydrogens (tertiary/aromatic N) is 1. The van der Waals surface area contributed by atoms with Crippen LogP contribution in [0.4, 0.5) is 0 Å². The third-order valence-electron chi connectivity index (χ3n) is 2.47. The zero-order chi connectivity index (χ0) is 12.8. The van der Waals surface area contributed by atoms with Gasteiger partial charge in [0.15, 0.2) is 0 Å². The van der Waals surface area contributed by atoms with Gasteiger partial charge in [-0.05, 0) is 36.6 Å².